The zero-order chi connectivity index (χ0) is 16.7. The summed E-state index contributed by atoms with van der Waals surface area (Å²) in [4.78, 5) is 27.7. The predicted octanol–water partition coefficient (Wildman–Crippen LogP) is 2.87. The summed E-state index contributed by atoms with van der Waals surface area (Å²) in [6.45, 7) is 7.24. The quantitative estimate of drug-likeness (QED) is 0.878. The molecular weight excluding hydrogens is 290 g/mol. The van der Waals surface area contributed by atoms with Gasteiger partial charge in [0.1, 0.15) is 0 Å². The van der Waals surface area contributed by atoms with Crippen LogP contribution in [-0.4, -0.2) is 42.9 Å². The Labute approximate surface area is 138 Å². The number of piperazine rings is 1. The molecule has 0 atom stereocenters. The molecule has 1 aromatic rings. The molecule has 1 saturated heterocycles. The number of rotatable bonds is 6. The van der Waals surface area contributed by atoms with Crippen LogP contribution in [0.1, 0.15) is 39.5 Å². The first-order valence-corrected chi connectivity index (χ1v) is 8.56. The van der Waals surface area contributed by atoms with Crippen LogP contribution in [0.4, 0.5) is 11.4 Å². The van der Waals surface area contributed by atoms with Crippen LogP contribution in [0.15, 0.2) is 24.3 Å². The molecule has 0 unspecified atom stereocenters. The smallest absolute Gasteiger partial charge is 0.224 e. The van der Waals surface area contributed by atoms with Gasteiger partial charge in [-0.3, -0.25) is 9.59 Å². The Morgan fingerprint density at radius 3 is 2.26 bits per heavy atom. The monoisotopic (exact) mass is 317 g/mol. The Kier molecular flexibility index (Phi) is 6.44. The molecule has 1 aromatic carbocycles. The summed E-state index contributed by atoms with van der Waals surface area (Å²) in [5.41, 5.74) is 1.97. The maximum Gasteiger partial charge on any atom is 0.224 e. The molecule has 2 rings (SSSR count). The van der Waals surface area contributed by atoms with Crippen LogP contribution in [0.5, 0.6) is 0 Å². The van der Waals surface area contributed by atoms with E-state index in [4.69, 9.17) is 0 Å². The van der Waals surface area contributed by atoms with Crippen LogP contribution in [0.2, 0.25) is 0 Å². The first kappa shape index (κ1) is 17.3. The standard InChI is InChI=1S/C18H27N3O2/c1-3-5-6-18(23)21-13-11-20(12-14-21)16-9-7-15(8-10-16)19-17(22)4-2/h7-10H,3-6,11-14H2,1-2H3,(H,19,22). The Bertz CT molecular complexity index is 520. The number of amides is 2. The highest BCUT2D eigenvalue weighted by molar-refractivity contribution is 5.90. The van der Waals surface area contributed by atoms with E-state index >= 15 is 0 Å². The van der Waals surface area contributed by atoms with Gasteiger partial charge in [0.15, 0.2) is 0 Å². The van der Waals surface area contributed by atoms with E-state index in [2.05, 4.69) is 17.1 Å². The second kappa shape index (κ2) is 8.56. The average molecular weight is 317 g/mol. The molecule has 5 nitrogen and oxygen atoms in total. The lowest BCUT2D eigenvalue weighted by Gasteiger charge is -2.36. The van der Waals surface area contributed by atoms with Gasteiger partial charge in [-0.05, 0) is 30.7 Å². The van der Waals surface area contributed by atoms with Crippen molar-refractivity contribution in [2.75, 3.05) is 36.4 Å². The molecule has 1 aliphatic heterocycles. The van der Waals surface area contributed by atoms with Crippen LogP contribution in [0.25, 0.3) is 0 Å². The third-order valence-corrected chi connectivity index (χ3v) is 4.21. The van der Waals surface area contributed by atoms with E-state index in [1.54, 1.807) is 0 Å². The third-order valence-electron chi connectivity index (χ3n) is 4.21. The Hall–Kier alpha value is -2.04. The molecule has 0 aliphatic carbocycles. The minimum Gasteiger partial charge on any atom is -0.368 e. The largest absolute Gasteiger partial charge is 0.368 e. The van der Waals surface area contributed by atoms with E-state index in [9.17, 15) is 9.59 Å². The van der Waals surface area contributed by atoms with E-state index in [0.29, 0.717) is 12.8 Å². The highest BCUT2D eigenvalue weighted by Gasteiger charge is 2.20. The molecule has 2 amide bonds. The van der Waals surface area contributed by atoms with Crippen molar-refractivity contribution >= 4 is 23.2 Å². The van der Waals surface area contributed by atoms with Gasteiger partial charge in [0.25, 0.3) is 0 Å². The highest BCUT2D eigenvalue weighted by Crippen LogP contribution is 2.20. The zero-order valence-electron chi connectivity index (χ0n) is 14.2. The van der Waals surface area contributed by atoms with Crippen molar-refractivity contribution in [3.8, 4) is 0 Å². The van der Waals surface area contributed by atoms with Gasteiger partial charge in [-0.25, -0.2) is 0 Å². The van der Waals surface area contributed by atoms with Crippen molar-refractivity contribution in [1.82, 2.24) is 4.90 Å². The summed E-state index contributed by atoms with van der Waals surface area (Å²) >= 11 is 0. The summed E-state index contributed by atoms with van der Waals surface area (Å²) in [7, 11) is 0. The van der Waals surface area contributed by atoms with Crippen molar-refractivity contribution in [2.24, 2.45) is 0 Å². The van der Waals surface area contributed by atoms with E-state index in [0.717, 1.165) is 50.4 Å². The third kappa shape index (κ3) is 4.98. The number of unbranched alkanes of at least 4 members (excludes halogenated alkanes) is 1. The second-order valence-electron chi connectivity index (χ2n) is 5.92. The molecule has 1 fully saturated rings. The molecule has 23 heavy (non-hydrogen) atoms. The molecule has 0 bridgehead atoms. The predicted molar refractivity (Wildman–Crippen MR) is 93.7 cm³/mol. The molecule has 126 valence electrons. The van der Waals surface area contributed by atoms with Gasteiger partial charge in [-0.2, -0.15) is 0 Å². The van der Waals surface area contributed by atoms with Gasteiger partial charge in [0.2, 0.25) is 11.8 Å². The van der Waals surface area contributed by atoms with Crippen LogP contribution in [0.3, 0.4) is 0 Å². The number of nitrogens with zero attached hydrogens (tertiary/aromatic N) is 2. The van der Waals surface area contributed by atoms with Crippen LogP contribution in [0, 0.1) is 0 Å². The minimum absolute atomic E-state index is 0.0250. The van der Waals surface area contributed by atoms with Crippen molar-refractivity contribution in [3.05, 3.63) is 24.3 Å². The van der Waals surface area contributed by atoms with Gasteiger partial charge in [0.05, 0.1) is 0 Å². The Morgan fingerprint density at radius 1 is 1.04 bits per heavy atom. The second-order valence-corrected chi connectivity index (χ2v) is 5.92. The van der Waals surface area contributed by atoms with Crippen molar-refractivity contribution < 1.29 is 9.59 Å². The van der Waals surface area contributed by atoms with Crippen molar-refractivity contribution in [3.63, 3.8) is 0 Å². The van der Waals surface area contributed by atoms with E-state index < -0.39 is 0 Å². The van der Waals surface area contributed by atoms with E-state index in [1.807, 2.05) is 36.1 Å². The van der Waals surface area contributed by atoms with Gasteiger partial charge in [0, 0.05) is 50.4 Å². The summed E-state index contributed by atoms with van der Waals surface area (Å²) < 4.78 is 0. The maximum absolute atomic E-state index is 12.0. The average Bonchev–Trinajstić information content (AvgIpc) is 2.60. The normalized spacial score (nSPS) is 14.7. The number of anilines is 2. The van der Waals surface area contributed by atoms with Crippen molar-refractivity contribution in [2.45, 2.75) is 39.5 Å². The minimum atomic E-state index is 0.0250. The number of hydrogen-bond acceptors (Lipinski definition) is 3. The molecule has 1 N–H and O–H groups in total. The first-order chi connectivity index (χ1) is 11.1. The summed E-state index contributed by atoms with van der Waals surface area (Å²) in [5.74, 6) is 0.307. The molecule has 1 aliphatic rings. The van der Waals surface area contributed by atoms with Gasteiger partial charge < -0.3 is 15.1 Å². The number of carbonyl (C=O) groups is 2. The van der Waals surface area contributed by atoms with Gasteiger partial charge >= 0.3 is 0 Å². The molecule has 0 spiro atoms. The number of hydrogen-bond donors (Lipinski definition) is 1. The van der Waals surface area contributed by atoms with E-state index in [-0.39, 0.29) is 11.8 Å². The molecule has 1 heterocycles. The number of carbonyl (C=O) groups excluding carboxylic acids is 2. The SMILES string of the molecule is CCCCC(=O)N1CCN(c2ccc(NC(=O)CC)cc2)CC1. The molecule has 5 heteroatoms. The van der Waals surface area contributed by atoms with Crippen LogP contribution < -0.4 is 10.2 Å². The van der Waals surface area contributed by atoms with E-state index in [1.165, 1.54) is 0 Å². The Morgan fingerprint density at radius 2 is 1.70 bits per heavy atom. The van der Waals surface area contributed by atoms with Crippen LogP contribution >= 0.6 is 0 Å². The lowest BCUT2D eigenvalue weighted by atomic mass is 10.2. The fourth-order valence-electron chi connectivity index (χ4n) is 2.71. The fraction of sp³-hybridized carbons (Fsp3) is 0.556. The highest BCUT2D eigenvalue weighted by atomic mass is 16.2. The van der Waals surface area contributed by atoms with Crippen molar-refractivity contribution in [1.29, 1.82) is 0 Å². The van der Waals surface area contributed by atoms with Gasteiger partial charge in [-0.15, -0.1) is 0 Å². The lowest BCUT2D eigenvalue weighted by Crippen LogP contribution is -2.48. The molecular formula is C18H27N3O2. The fourth-order valence-corrected chi connectivity index (χ4v) is 2.71. The summed E-state index contributed by atoms with van der Waals surface area (Å²) in [6.07, 6.45) is 3.19. The zero-order valence-corrected chi connectivity index (χ0v) is 14.2. The molecule has 0 saturated carbocycles. The Balaban J connectivity index is 1.85. The van der Waals surface area contributed by atoms with Gasteiger partial charge in [-0.1, -0.05) is 20.3 Å². The van der Waals surface area contributed by atoms with Crippen LogP contribution in [-0.2, 0) is 9.59 Å². The summed E-state index contributed by atoms with van der Waals surface area (Å²) in [5, 5.41) is 2.85. The summed E-state index contributed by atoms with van der Waals surface area (Å²) in [6, 6.07) is 7.92. The maximum atomic E-state index is 12.0. The lowest BCUT2D eigenvalue weighted by molar-refractivity contribution is -0.131. The number of nitrogens with one attached hydrogen (secondary N) is 1. The first-order valence-electron chi connectivity index (χ1n) is 8.56. The number of benzene rings is 1. The molecule has 0 aromatic heterocycles. The molecule has 0 radical (unpaired) electrons. The topological polar surface area (TPSA) is 52.7 Å².